The van der Waals surface area contributed by atoms with E-state index in [0.717, 1.165) is 0 Å². The van der Waals surface area contributed by atoms with Crippen molar-refractivity contribution >= 4 is 35.6 Å². The van der Waals surface area contributed by atoms with Crippen molar-refractivity contribution in [1.82, 2.24) is 16.0 Å². The van der Waals surface area contributed by atoms with Crippen LogP contribution in [-0.4, -0.2) is 69.9 Å². The summed E-state index contributed by atoms with van der Waals surface area (Å²) in [6.07, 6.45) is -0.292. The molecule has 13 nitrogen and oxygen atoms in total. The molecule has 0 rings (SSSR count). The lowest BCUT2D eigenvalue weighted by atomic mass is 9.96. The molecule has 0 bridgehead atoms. The minimum absolute atomic E-state index is 0.00472. The SMILES string of the molecule is CCC(C)C(NC(=O)C(CC(C)C)NC(=O)C(N)CCC(N)=O)C(=O)NC(CC(=O)O)C(=O)O. The molecule has 0 aromatic heterocycles. The van der Waals surface area contributed by atoms with Gasteiger partial charge < -0.3 is 37.6 Å². The van der Waals surface area contributed by atoms with Crippen LogP contribution in [0.1, 0.15) is 59.8 Å². The minimum Gasteiger partial charge on any atom is -0.481 e. The molecule has 0 fully saturated rings. The number of carbonyl (C=O) groups is 6. The van der Waals surface area contributed by atoms with Gasteiger partial charge in [0.25, 0.3) is 0 Å². The van der Waals surface area contributed by atoms with Gasteiger partial charge in [0, 0.05) is 6.42 Å². The molecule has 0 saturated carbocycles. The Hall–Kier alpha value is -3.22. The third-order valence-electron chi connectivity index (χ3n) is 5.17. The summed E-state index contributed by atoms with van der Waals surface area (Å²) in [4.78, 5) is 71.3. The van der Waals surface area contributed by atoms with Crippen molar-refractivity contribution < 1.29 is 39.0 Å². The zero-order valence-corrected chi connectivity index (χ0v) is 20.0. The number of carbonyl (C=O) groups excluding carboxylic acids is 4. The number of primary amides is 1. The molecule has 0 radical (unpaired) electrons. The fourth-order valence-electron chi connectivity index (χ4n) is 3.00. The molecule has 0 aromatic carbocycles. The third kappa shape index (κ3) is 11.6. The molecule has 0 heterocycles. The lowest BCUT2D eigenvalue weighted by Gasteiger charge is -2.28. The molecule has 34 heavy (non-hydrogen) atoms. The summed E-state index contributed by atoms with van der Waals surface area (Å²) in [7, 11) is 0. The number of hydrogen-bond acceptors (Lipinski definition) is 7. The molecule has 4 amide bonds. The van der Waals surface area contributed by atoms with E-state index in [1.165, 1.54) is 0 Å². The molecule has 0 aliphatic carbocycles. The summed E-state index contributed by atoms with van der Waals surface area (Å²) < 4.78 is 0. The van der Waals surface area contributed by atoms with E-state index in [2.05, 4.69) is 16.0 Å². The number of hydrogen-bond donors (Lipinski definition) is 7. The van der Waals surface area contributed by atoms with Crippen molar-refractivity contribution in [3.8, 4) is 0 Å². The van der Waals surface area contributed by atoms with Crippen LogP contribution in [0.4, 0.5) is 0 Å². The summed E-state index contributed by atoms with van der Waals surface area (Å²) in [5.41, 5.74) is 10.8. The molecule has 13 heteroatoms. The van der Waals surface area contributed by atoms with Crippen LogP contribution >= 0.6 is 0 Å². The molecule has 0 saturated heterocycles. The van der Waals surface area contributed by atoms with Gasteiger partial charge in [-0.05, 0) is 24.7 Å². The van der Waals surface area contributed by atoms with Gasteiger partial charge in [-0.2, -0.15) is 0 Å². The largest absolute Gasteiger partial charge is 0.481 e. The van der Waals surface area contributed by atoms with Crippen LogP contribution in [-0.2, 0) is 28.8 Å². The summed E-state index contributed by atoms with van der Waals surface area (Å²) in [5.74, 6) is -6.23. The zero-order chi connectivity index (χ0) is 26.6. The highest BCUT2D eigenvalue weighted by molar-refractivity contribution is 5.94. The number of nitrogens with two attached hydrogens (primary N) is 2. The van der Waals surface area contributed by atoms with Gasteiger partial charge in [0.2, 0.25) is 23.6 Å². The highest BCUT2D eigenvalue weighted by Crippen LogP contribution is 2.12. The van der Waals surface area contributed by atoms with Gasteiger partial charge >= 0.3 is 11.9 Å². The van der Waals surface area contributed by atoms with E-state index in [1.54, 1.807) is 13.8 Å². The second-order valence-corrected chi connectivity index (χ2v) is 8.67. The Bertz CT molecular complexity index is 757. The first-order valence-corrected chi connectivity index (χ1v) is 11.1. The Morgan fingerprint density at radius 1 is 0.853 bits per heavy atom. The first kappa shape index (κ1) is 30.8. The minimum atomic E-state index is -1.68. The van der Waals surface area contributed by atoms with E-state index in [0.29, 0.717) is 6.42 Å². The van der Waals surface area contributed by atoms with Crippen molar-refractivity contribution in [2.24, 2.45) is 23.3 Å². The monoisotopic (exact) mass is 487 g/mol. The van der Waals surface area contributed by atoms with Crippen molar-refractivity contribution in [2.75, 3.05) is 0 Å². The van der Waals surface area contributed by atoms with E-state index in [9.17, 15) is 33.9 Å². The molecule has 0 aliphatic rings. The molecule has 0 spiro atoms. The van der Waals surface area contributed by atoms with Gasteiger partial charge in [0.15, 0.2) is 0 Å². The van der Waals surface area contributed by atoms with Crippen LogP contribution in [0.15, 0.2) is 0 Å². The molecular weight excluding hydrogens is 450 g/mol. The average Bonchev–Trinajstić information content (AvgIpc) is 2.72. The molecule has 194 valence electrons. The Morgan fingerprint density at radius 3 is 1.85 bits per heavy atom. The Balaban J connectivity index is 5.55. The first-order chi connectivity index (χ1) is 15.7. The van der Waals surface area contributed by atoms with Crippen LogP contribution < -0.4 is 27.4 Å². The Kier molecular flexibility index (Phi) is 13.4. The summed E-state index contributed by atoms with van der Waals surface area (Å²) in [6, 6.07) is -4.98. The van der Waals surface area contributed by atoms with Gasteiger partial charge in [-0.3, -0.25) is 24.0 Å². The Labute approximate surface area is 198 Å². The van der Waals surface area contributed by atoms with E-state index >= 15 is 0 Å². The number of aliphatic carboxylic acids is 2. The maximum absolute atomic E-state index is 13.0. The quantitative estimate of drug-likeness (QED) is 0.137. The van der Waals surface area contributed by atoms with Gasteiger partial charge in [0.1, 0.15) is 18.1 Å². The number of carboxylic acids is 2. The predicted molar refractivity (Wildman–Crippen MR) is 121 cm³/mol. The summed E-state index contributed by atoms with van der Waals surface area (Å²) in [5, 5.41) is 25.3. The van der Waals surface area contributed by atoms with Crippen LogP contribution in [0.5, 0.6) is 0 Å². The third-order valence-corrected chi connectivity index (χ3v) is 5.17. The maximum Gasteiger partial charge on any atom is 0.326 e. The van der Waals surface area contributed by atoms with Crippen molar-refractivity contribution in [2.45, 2.75) is 84.0 Å². The van der Waals surface area contributed by atoms with Gasteiger partial charge in [0.05, 0.1) is 12.5 Å². The normalized spacial score (nSPS) is 15.4. The van der Waals surface area contributed by atoms with Gasteiger partial charge in [-0.15, -0.1) is 0 Å². The Morgan fingerprint density at radius 2 is 1.41 bits per heavy atom. The number of carboxylic acid groups (broad SMARTS) is 2. The molecular formula is C21H37N5O8. The van der Waals surface area contributed by atoms with Crippen LogP contribution in [0.2, 0.25) is 0 Å². The predicted octanol–water partition coefficient (Wildman–Crippen LogP) is -1.31. The fourth-order valence-corrected chi connectivity index (χ4v) is 3.00. The number of nitrogens with one attached hydrogen (secondary N) is 3. The number of rotatable bonds is 16. The second-order valence-electron chi connectivity index (χ2n) is 8.67. The lowest BCUT2D eigenvalue weighted by molar-refractivity contribution is -0.147. The number of amides is 4. The standard InChI is InChI=1S/C21H37N5O8/c1-5-11(4)17(20(32)25-14(21(33)34)9-16(28)29)26-19(31)13(8-10(2)3)24-18(30)12(22)6-7-15(23)27/h10-14,17H,5-9,22H2,1-4H3,(H2,23,27)(H,24,30)(H,25,32)(H,26,31)(H,28,29)(H,33,34). The average molecular weight is 488 g/mol. The van der Waals surface area contributed by atoms with E-state index in [1.807, 2.05) is 13.8 Å². The maximum atomic E-state index is 13.0. The summed E-state index contributed by atoms with van der Waals surface area (Å²) >= 11 is 0. The first-order valence-electron chi connectivity index (χ1n) is 11.1. The lowest BCUT2D eigenvalue weighted by Crippen LogP contribution is -2.59. The van der Waals surface area contributed by atoms with Crippen molar-refractivity contribution in [3.05, 3.63) is 0 Å². The highest BCUT2D eigenvalue weighted by atomic mass is 16.4. The zero-order valence-electron chi connectivity index (χ0n) is 20.0. The van der Waals surface area contributed by atoms with Gasteiger partial charge in [-0.25, -0.2) is 4.79 Å². The molecule has 5 unspecified atom stereocenters. The highest BCUT2D eigenvalue weighted by Gasteiger charge is 2.33. The van der Waals surface area contributed by atoms with E-state index in [-0.39, 0.29) is 25.2 Å². The summed E-state index contributed by atoms with van der Waals surface area (Å²) in [6.45, 7) is 7.06. The molecule has 5 atom stereocenters. The van der Waals surface area contributed by atoms with Crippen molar-refractivity contribution in [3.63, 3.8) is 0 Å². The topological polar surface area (TPSA) is 231 Å². The van der Waals surface area contributed by atoms with E-state index in [4.69, 9.17) is 16.6 Å². The molecule has 0 aromatic rings. The fraction of sp³-hybridized carbons (Fsp3) is 0.714. The smallest absolute Gasteiger partial charge is 0.326 e. The molecule has 0 aliphatic heterocycles. The van der Waals surface area contributed by atoms with Crippen molar-refractivity contribution in [1.29, 1.82) is 0 Å². The van der Waals surface area contributed by atoms with Gasteiger partial charge in [-0.1, -0.05) is 34.1 Å². The second kappa shape index (κ2) is 14.8. The van der Waals surface area contributed by atoms with Crippen LogP contribution in [0.25, 0.3) is 0 Å². The molecule has 9 N–H and O–H groups in total. The van der Waals surface area contributed by atoms with Crippen LogP contribution in [0.3, 0.4) is 0 Å². The van der Waals surface area contributed by atoms with E-state index < -0.39 is 72.1 Å². The van der Waals surface area contributed by atoms with Crippen LogP contribution in [0, 0.1) is 11.8 Å².